The third kappa shape index (κ3) is 2.99. The van der Waals surface area contributed by atoms with Crippen LogP contribution < -0.4 is 0 Å². The summed E-state index contributed by atoms with van der Waals surface area (Å²) in [6.07, 6.45) is 7.03. The van der Waals surface area contributed by atoms with Crippen LogP contribution in [-0.2, 0) is 13.5 Å². The SMILES string of the molecule is CN(C)C1(Cc2ccccc2)CC=C(c2cc3ccccc3n2C)CC1. The van der Waals surface area contributed by atoms with Gasteiger partial charge in [0.05, 0.1) is 0 Å². The van der Waals surface area contributed by atoms with Crippen molar-refractivity contribution in [3.63, 3.8) is 0 Å². The Balaban J connectivity index is 1.64. The molecule has 2 heteroatoms. The molecule has 1 heterocycles. The van der Waals surface area contributed by atoms with Gasteiger partial charge in [0.1, 0.15) is 0 Å². The third-order valence-electron chi connectivity index (χ3n) is 6.19. The van der Waals surface area contributed by atoms with Crippen molar-refractivity contribution in [2.24, 2.45) is 7.05 Å². The molecule has 0 saturated carbocycles. The lowest BCUT2D eigenvalue weighted by Gasteiger charge is -2.42. The molecule has 2 aromatic carbocycles. The van der Waals surface area contributed by atoms with Crippen LogP contribution in [0.3, 0.4) is 0 Å². The summed E-state index contributed by atoms with van der Waals surface area (Å²) in [5, 5.41) is 1.33. The third-order valence-corrected chi connectivity index (χ3v) is 6.19. The molecule has 3 aromatic rings. The first-order chi connectivity index (χ1) is 12.6. The summed E-state index contributed by atoms with van der Waals surface area (Å²) >= 11 is 0. The highest BCUT2D eigenvalue weighted by Crippen LogP contribution is 2.39. The van der Waals surface area contributed by atoms with Gasteiger partial charge in [-0.1, -0.05) is 54.6 Å². The summed E-state index contributed by atoms with van der Waals surface area (Å²) in [5.74, 6) is 0. The average Bonchev–Trinajstić information content (AvgIpc) is 3.00. The second kappa shape index (κ2) is 6.77. The van der Waals surface area contributed by atoms with Gasteiger partial charge in [-0.15, -0.1) is 0 Å². The fraction of sp³-hybridized carbons (Fsp3) is 0.333. The molecular weight excluding hydrogens is 316 g/mol. The van der Waals surface area contributed by atoms with Crippen LogP contribution >= 0.6 is 0 Å². The van der Waals surface area contributed by atoms with Crippen LogP contribution in [0.5, 0.6) is 0 Å². The second-order valence-electron chi connectivity index (χ2n) is 7.86. The van der Waals surface area contributed by atoms with Crippen LogP contribution in [0.4, 0.5) is 0 Å². The molecule has 0 bridgehead atoms. The van der Waals surface area contributed by atoms with Crippen molar-refractivity contribution in [3.8, 4) is 0 Å². The molecule has 1 atom stereocenters. The molecule has 26 heavy (non-hydrogen) atoms. The highest BCUT2D eigenvalue weighted by atomic mass is 15.1. The number of aryl methyl sites for hydroxylation is 1. The number of para-hydroxylation sites is 1. The zero-order chi connectivity index (χ0) is 18.1. The van der Waals surface area contributed by atoms with Gasteiger partial charge >= 0.3 is 0 Å². The van der Waals surface area contributed by atoms with Gasteiger partial charge in [-0.2, -0.15) is 0 Å². The lowest BCUT2D eigenvalue weighted by Crippen LogP contribution is -2.47. The Morgan fingerprint density at radius 3 is 2.38 bits per heavy atom. The van der Waals surface area contributed by atoms with E-state index < -0.39 is 0 Å². The molecule has 0 spiro atoms. The summed E-state index contributed by atoms with van der Waals surface area (Å²) in [5.41, 5.74) is 5.84. The molecule has 134 valence electrons. The Hall–Kier alpha value is -2.32. The molecular formula is C24H28N2. The number of likely N-dealkylation sites (N-methyl/N-ethyl adjacent to an activating group) is 1. The molecule has 2 nitrogen and oxygen atoms in total. The van der Waals surface area contributed by atoms with Crippen molar-refractivity contribution >= 4 is 16.5 Å². The summed E-state index contributed by atoms with van der Waals surface area (Å²) in [4.78, 5) is 2.44. The number of nitrogens with zero attached hydrogens (tertiary/aromatic N) is 2. The number of hydrogen-bond donors (Lipinski definition) is 0. The largest absolute Gasteiger partial charge is 0.344 e. The van der Waals surface area contributed by atoms with Gasteiger partial charge < -0.3 is 9.47 Å². The fourth-order valence-corrected chi connectivity index (χ4v) is 4.41. The van der Waals surface area contributed by atoms with Crippen molar-refractivity contribution in [3.05, 3.63) is 78.0 Å². The van der Waals surface area contributed by atoms with Gasteiger partial charge in [0.25, 0.3) is 0 Å². The van der Waals surface area contributed by atoms with Gasteiger partial charge in [-0.3, -0.25) is 0 Å². The number of fused-ring (bicyclic) bond motifs is 1. The van der Waals surface area contributed by atoms with Crippen molar-refractivity contribution < 1.29 is 0 Å². The minimum Gasteiger partial charge on any atom is -0.344 e. The number of benzene rings is 2. The van der Waals surface area contributed by atoms with Crippen LogP contribution in [0.1, 0.15) is 30.5 Å². The van der Waals surface area contributed by atoms with Gasteiger partial charge in [-0.25, -0.2) is 0 Å². The maximum atomic E-state index is 2.49. The Morgan fingerprint density at radius 2 is 1.73 bits per heavy atom. The Bertz CT molecular complexity index is 933. The summed E-state index contributed by atoms with van der Waals surface area (Å²) < 4.78 is 2.35. The first kappa shape index (κ1) is 17.1. The zero-order valence-corrected chi connectivity index (χ0v) is 16.1. The van der Waals surface area contributed by atoms with Crippen LogP contribution in [0, 0.1) is 0 Å². The quantitative estimate of drug-likeness (QED) is 0.624. The molecule has 1 aliphatic carbocycles. The molecule has 1 unspecified atom stereocenters. The van der Waals surface area contributed by atoms with Crippen molar-refractivity contribution in [2.75, 3.05) is 14.1 Å². The Kier molecular flexibility index (Phi) is 4.46. The number of hydrogen-bond acceptors (Lipinski definition) is 1. The van der Waals surface area contributed by atoms with E-state index in [0.29, 0.717) is 0 Å². The van der Waals surface area contributed by atoms with E-state index in [9.17, 15) is 0 Å². The van der Waals surface area contributed by atoms with Crippen LogP contribution in [0.2, 0.25) is 0 Å². The predicted octanol–water partition coefficient (Wildman–Crippen LogP) is 5.29. The van der Waals surface area contributed by atoms with Gasteiger partial charge in [0, 0.05) is 29.2 Å². The van der Waals surface area contributed by atoms with Crippen LogP contribution in [0.15, 0.2) is 66.7 Å². The maximum absolute atomic E-state index is 2.49. The normalized spacial score (nSPS) is 20.5. The molecule has 0 saturated heterocycles. The molecule has 1 aliphatic rings. The Labute approximate surface area is 156 Å². The second-order valence-corrected chi connectivity index (χ2v) is 7.86. The fourth-order valence-electron chi connectivity index (χ4n) is 4.41. The van der Waals surface area contributed by atoms with Crippen molar-refractivity contribution in [1.29, 1.82) is 0 Å². The predicted molar refractivity (Wildman–Crippen MR) is 111 cm³/mol. The van der Waals surface area contributed by atoms with Crippen LogP contribution in [0.25, 0.3) is 16.5 Å². The number of aromatic nitrogens is 1. The van der Waals surface area contributed by atoms with E-state index in [1.54, 1.807) is 0 Å². The standard InChI is InChI=1S/C24H28N2/c1-25(2)24(18-19-9-5-4-6-10-19)15-13-20(14-16-24)23-17-21-11-7-8-12-22(21)26(23)3/h4-13,17H,14-16,18H2,1-3H3. The molecule has 0 fully saturated rings. The maximum Gasteiger partial charge on any atom is 0.0482 e. The minimum absolute atomic E-state index is 0.218. The smallest absolute Gasteiger partial charge is 0.0482 e. The molecule has 0 N–H and O–H groups in total. The average molecular weight is 345 g/mol. The minimum atomic E-state index is 0.218. The highest BCUT2D eigenvalue weighted by molar-refractivity contribution is 5.85. The van der Waals surface area contributed by atoms with Crippen molar-refractivity contribution in [1.82, 2.24) is 9.47 Å². The summed E-state index contributed by atoms with van der Waals surface area (Å²) in [7, 11) is 6.66. The van der Waals surface area contributed by atoms with E-state index in [-0.39, 0.29) is 5.54 Å². The summed E-state index contributed by atoms with van der Waals surface area (Å²) in [6, 6.07) is 21.9. The monoisotopic (exact) mass is 344 g/mol. The first-order valence-electron chi connectivity index (χ1n) is 9.54. The number of rotatable bonds is 4. The summed E-state index contributed by atoms with van der Waals surface area (Å²) in [6.45, 7) is 0. The number of allylic oxidation sites excluding steroid dienone is 1. The lowest BCUT2D eigenvalue weighted by atomic mass is 9.76. The zero-order valence-electron chi connectivity index (χ0n) is 16.1. The first-order valence-corrected chi connectivity index (χ1v) is 9.54. The van der Waals surface area contributed by atoms with Crippen LogP contribution in [-0.4, -0.2) is 29.1 Å². The van der Waals surface area contributed by atoms with E-state index in [2.05, 4.69) is 97.3 Å². The van der Waals surface area contributed by atoms with E-state index in [4.69, 9.17) is 0 Å². The van der Waals surface area contributed by atoms with Gasteiger partial charge in [0.15, 0.2) is 0 Å². The van der Waals surface area contributed by atoms with E-state index >= 15 is 0 Å². The van der Waals surface area contributed by atoms with Gasteiger partial charge in [0.2, 0.25) is 0 Å². The van der Waals surface area contributed by atoms with Gasteiger partial charge in [-0.05, 0) is 63.0 Å². The highest BCUT2D eigenvalue weighted by Gasteiger charge is 2.34. The van der Waals surface area contributed by atoms with E-state index in [0.717, 1.165) is 19.3 Å². The van der Waals surface area contributed by atoms with E-state index in [1.165, 1.54) is 34.2 Å². The van der Waals surface area contributed by atoms with Crippen molar-refractivity contribution in [2.45, 2.75) is 31.2 Å². The topological polar surface area (TPSA) is 8.17 Å². The molecule has 4 rings (SSSR count). The Morgan fingerprint density at radius 1 is 1.00 bits per heavy atom. The molecule has 1 aromatic heterocycles. The van der Waals surface area contributed by atoms with E-state index in [1.807, 2.05) is 0 Å². The lowest BCUT2D eigenvalue weighted by molar-refractivity contribution is 0.138. The molecule has 0 amide bonds. The molecule has 0 aliphatic heterocycles. The molecule has 0 radical (unpaired) electrons.